The van der Waals surface area contributed by atoms with Crippen molar-refractivity contribution in [3.63, 3.8) is 0 Å². The van der Waals surface area contributed by atoms with Gasteiger partial charge in [0.2, 0.25) is 0 Å². The van der Waals surface area contributed by atoms with Crippen LogP contribution in [0.1, 0.15) is 25.3 Å². The molecule has 0 heterocycles. The van der Waals surface area contributed by atoms with Gasteiger partial charge in [0, 0.05) is 11.4 Å². The zero-order chi connectivity index (χ0) is 14.1. The Hall–Kier alpha value is -1.86. The molecule has 0 radical (unpaired) electrons. The molecule has 0 bridgehead atoms. The Labute approximate surface area is 123 Å². The minimum atomic E-state index is 0.265. The lowest BCUT2D eigenvalue weighted by Gasteiger charge is -2.12. The standard InChI is InChI=1S/C18H15ClO/c1-12-15(9-10-18(12)20)17-8-3-2-7-16(17)13-5-4-6-14(19)11-13/h2-8,11H,9-10H2,1H3. The van der Waals surface area contributed by atoms with Gasteiger partial charge in [-0.2, -0.15) is 0 Å². The van der Waals surface area contributed by atoms with Crippen LogP contribution in [0.5, 0.6) is 0 Å². The number of hydrogen-bond acceptors (Lipinski definition) is 1. The van der Waals surface area contributed by atoms with Crippen molar-refractivity contribution in [1.29, 1.82) is 0 Å². The zero-order valence-corrected chi connectivity index (χ0v) is 12.1. The molecule has 0 saturated heterocycles. The first-order chi connectivity index (χ1) is 9.66. The lowest BCUT2D eigenvalue weighted by molar-refractivity contribution is -0.114. The van der Waals surface area contributed by atoms with Gasteiger partial charge in [-0.15, -0.1) is 0 Å². The van der Waals surface area contributed by atoms with E-state index >= 15 is 0 Å². The number of halogens is 1. The number of Topliss-reactive ketones (excluding diaryl/α,β-unsaturated/α-hetero) is 1. The summed E-state index contributed by atoms with van der Waals surface area (Å²) in [6, 6.07) is 16.1. The first-order valence-electron chi connectivity index (χ1n) is 6.75. The van der Waals surface area contributed by atoms with Crippen LogP contribution in [-0.2, 0) is 4.79 Å². The molecule has 100 valence electrons. The first kappa shape index (κ1) is 13.1. The SMILES string of the molecule is CC1=C(c2ccccc2-c2cccc(Cl)c2)CCC1=O. The number of ketones is 1. The van der Waals surface area contributed by atoms with Gasteiger partial charge in [-0.3, -0.25) is 4.79 Å². The fraction of sp³-hybridized carbons (Fsp3) is 0.167. The lowest BCUT2D eigenvalue weighted by atomic mass is 9.93. The van der Waals surface area contributed by atoms with Gasteiger partial charge in [0.15, 0.2) is 5.78 Å². The highest BCUT2D eigenvalue weighted by atomic mass is 35.5. The van der Waals surface area contributed by atoms with Crippen LogP contribution in [0.2, 0.25) is 5.02 Å². The van der Waals surface area contributed by atoms with Gasteiger partial charge < -0.3 is 0 Å². The second-order valence-corrected chi connectivity index (χ2v) is 5.52. The van der Waals surface area contributed by atoms with Crippen molar-refractivity contribution in [3.05, 3.63) is 64.7 Å². The molecular formula is C18H15ClO. The summed E-state index contributed by atoms with van der Waals surface area (Å²) in [6.45, 7) is 1.93. The summed E-state index contributed by atoms with van der Waals surface area (Å²) in [5.41, 5.74) is 5.45. The van der Waals surface area contributed by atoms with Crippen molar-refractivity contribution in [2.75, 3.05) is 0 Å². The van der Waals surface area contributed by atoms with Crippen molar-refractivity contribution in [1.82, 2.24) is 0 Å². The molecular weight excluding hydrogens is 268 g/mol. The summed E-state index contributed by atoms with van der Waals surface area (Å²) in [7, 11) is 0. The maximum atomic E-state index is 11.8. The van der Waals surface area contributed by atoms with Crippen LogP contribution in [0.25, 0.3) is 16.7 Å². The molecule has 1 aliphatic carbocycles. The van der Waals surface area contributed by atoms with Crippen LogP contribution in [0, 0.1) is 0 Å². The Kier molecular flexibility index (Phi) is 3.45. The van der Waals surface area contributed by atoms with E-state index < -0.39 is 0 Å². The monoisotopic (exact) mass is 282 g/mol. The van der Waals surface area contributed by atoms with Gasteiger partial charge >= 0.3 is 0 Å². The Morgan fingerprint density at radius 1 is 0.950 bits per heavy atom. The van der Waals surface area contributed by atoms with E-state index in [1.165, 1.54) is 5.57 Å². The number of carbonyl (C=O) groups is 1. The summed E-state index contributed by atoms with van der Waals surface area (Å²) in [4.78, 5) is 11.8. The molecule has 20 heavy (non-hydrogen) atoms. The molecule has 0 N–H and O–H groups in total. The molecule has 0 spiro atoms. The molecule has 2 aromatic carbocycles. The summed E-state index contributed by atoms with van der Waals surface area (Å²) in [5.74, 6) is 0.265. The van der Waals surface area contributed by atoms with Crippen molar-refractivity contribution in [2.45, 2.75) is 19.8 Å². The zero-order valence-electron chi connectivity index (χ0n) is 11.3. The fourth-order valence-corrected chi connectivity index (χ4v) is 2.96. The molecule has 0 aliphatic heterocycles. The van der Waals surface area contributed by atoms with Gasteiger partial charge in [-0.25, -0.2) is 0 Å². The van der Waals surface area contributed by atoms with Crippen LogP contribution in [0.3, 0.4) is 0 Å². The third-order valence-corrected chi connectivity index (χ3v) is 4.10. The number of rotatable bonds is 2. The van der Waals surface area contributed by atoms with E-state index in [4.69, 9.17) is 11.6 Å². The Bertz CT molecular complexity index is 713. The van der Waals surface area contributed by atoms with Crippen LogP contribution in [0.15, 0.2) is 54.1 Å². The van der Waals surface area contributed by atoms with Gasteiger partial charge in [-0.1, -0.05) is 48.0 Å². The highest BCUT2D eigenvalue weighted by Gasteiger charge is 2.22. The highest BCUT2D eigenvalue weighted by molar-refractivity contribution is 6.30. The number of allylic oxidation sites excluding steroid dienone is 2. The number of hydrogen-bond donors (Lipinski definition) is 0. The molecule has 0 unspecified atom stereocenters. The maximum absolute atomic E-state index is 11.8. The van der Waals surface area contributed by atoms with Gasteiger partial charge in [0.25, 0.3) is 0 Å². The molecule has 1 nitrogen and oxygen atoms in total. The molecule has 0 amide bonds. The largest absolute Gasteiger partial charge is 0.295 e. The van der Waals surface area contributed by atoms with Crippen LogP contribution < -0.4 is 0 Å². The highest BCUT2D eigenvalue weighted by Crippen LogP contribution is 2.37. The topological polar surface area (TPSA) is 17.1 Å². The van der Waals surface area contributed by atoms with E-state index in [1.54, 1.807) is 0 Å². The average molecular weight is 283 g/mol. The molecule has 0 fully saturated rings. The minimum absolute atomic E-state index is 0.265. The molecule has 0 saturated carbocycles. The van der Waals surface area contributed by atoms with E-state index in [9.17, 15) is 4.79 Å². The van der Waals surface area contributed by atoms with Crippen molar-refractivity contribution >= 4 is 23.0 Å². The van der Waals surface area contributed by atoms with E-state index in [-0.39, 0.29) is 5.78 Å². The first-order valence-corrected chi connectivity index (χ1v) is 7.13. The third kappa shape index (κ3) is 2.30. The summed E-state index contributed by atoms with van der Waals surface area (Å²) >= 11 is 6.09. The quantitative estimate of drug-likeness (QED) is 0.745. The van der Waals surface area contributed by atoms with Gasteiger partial charge in [0.1, 0.15) is 0 Å². The summed E-state index contributed by atoms with van der Waals surface area (Å²) in [6.07, 6.45) is 1.47. The predicted molar refractivity (Wildman–Crippen MR) is 83.7 cm³/mol. The van der Waals surface area contributed by atoms with E-state index in [0.717, 1.165) is 33.7 Å². The van der Waals surface area contributed by atoms with Crippen molar-refractivity contribution in [3.8, 4) is 11.1 Å². The lowest BCUT2D eigenvalue weighted by Crippen LogP contribution is -1.92. The number of benzene rings is 2. The van der Waals surface area contributed by atoms with E-state index in [1.807, 2.05) is 37.3 Å². The van der Waals surface area contributed by atoms with E-state index in [2.05, 4.69) is 18.2 Å². The fourth-order valence-electron chi connectivity index (χ4n) is 2.77. The second kappa shape index (κ2) is 5.26. The Balaban J connectivity index is 2.17. The van der Waals surface area contributed by atoms with Crippen LogP contribution in [-0.4, -0.2) is 5.78 Å². The summed E-state index contributed by atoms with van der Waals surface area (Å²) < 4.78 is 0. The van der Waals surface area contributed by atoms with Gasteiger partial charge in [0.05, 0.1) is 0 Å². The van der Waals surface area contributed by atoms with Crippen LogP contribution >= 0.6 is 11.6 Å². The maximum Gasteiger partial charge on any atom is 0.159 e. The van der Waals surface area contributed by atoms with Crippen LogP contribution in [0.4, 0.5) is 0 Å². The predicted octanol–water partition coefficient (Wildman–Crippen LogP) is 5.14. The molecule has 3 rings (SSSR count). The van der Waals surface area contributed by atoms with Gasteiger partial charge in [-0.05, 0) is 53.3 Å². The second-order valence-electron chi connectivity index (χ2n) is 5.08. The molecule has 1 aliphatic rings. The Morgan fingerprint density at radius 2 is 1.70 bits per heavy atom. The number of carbonyl (C=O) groups excluding carboxylic acids is 1. The summed E-state index contributed by atoms with van der Waals surface area (Å²) in [5, 5.41) is 0.727. The normalized spacial score (nSPS) is 15.0. The van der Waals surface area contributed by atoms with Crippen molar-refractivity contribution < 1.29 is 4.79 Å². The molecule has 0 atom stereocenters. The Morgan fingerprint density at radius 3 is 2.35 bits per heavy atom. The third-order valence-electron chi connectivity index (χ3n) is 3.86. The minimum Gasteiger partial charge on any atom is -0.295 e. The van der Waals surface area contributed by atoms with Crippen molar-refractivity contribution in [2.24, 2.45) is 0 Å². The average Bonchev–Trinajstić information content (AvgIpc) is 2.79. The molecule has 2 aromatic rings. The molecule has 0 aromatic heterocycles. The van der Waals surface area contributed by atoms with E-state index in [0.29, 0.717) is 6.42 Å². The molecule has 2 heteroatoms. The smallest absolute Gasteiger partial charge is 0.159 e.